The van der Waals surface area contributed by atoms with E-state index in [-0.39, 0.29) is 11.3 Å². The van der Waals surface area contributed by atoms with Crippen molar-refractivity contribution in [1.29, 1.82) is 0 Å². The van der Waals surface area contributed by atoms with Crippen LogP contribution in [0.25, 0.3) is 0 Å². The molecular weight excluding hydrogens is 350 g/mol. The van der Waals surface area contributed by atoms with Crippen LogP contribution in [0.4, 0.5) is 5.82 Å². The van der Waals surface area contributed by atoms with Crippen LogP contribution in [0, 0.1) is 0 Å². The molecule has 1 saturated carbocycles. The first kappa shape index (κ1) is 18.3. The molecule has 2 heterocycles. The summed E-state index contributed by atoms with van der Waals surface area (Å²) in [6, 6.07) is 13.7. The van der Waals surface area contributed by atoms with Crippen molar-refractivity contribution in [2.24, 2.45) is 0 Å². The Morgan fingerprint density at radius 3 is 2.61 bits per heavy atom. The van der Waals surface area contributed by atoms with Gasteiger partial charge in [0.05, 0.1) is 12.2 Å². The van der Waals surface area contributed by atoms with E-state index < -0.39 is 0 Å². The number of carbonyl (C=O) groups excluding carboxylic acids is 1. The van der Waals surface area contributed by atoms with Gasteiger partial charge in [0.25, 0.3) is 5.91 Å². The minimum absolute atomic E-state index is 0.116. The zero-order chi connectivity index (χ0) is 19.7. The number of carbonyl (C=O) groups is 1. The number of benzene rings is 1. The van der Waals surface area contributed by atoms with Gasteiger partial charge in [-0.05, 0) is 24.5 Å². The van der Waals surface area contributed by atoms with Crippen molar-refractivity contribution in [3.05, 3.63) is 71.4 Å². The summed E-state index contributed by atoms with van der Waals surface area (Å²) in [5.41, 5.74) is 2.33. The molecule has 28 heavy (non-hydrogen) atoms. The lowest BCUT2D eigenvalue weighted by Crippen LogP contribution is -2.18. The Morgan fingerprint density at radius 1 is 1.18 bits per heavy atom. The Balaban J connectivity index is 1.61. The predicted octanol–water partition coefficient (Wildman–Crippen LogP) is 4.15. The number of amides is 1. The second kappa shape index (κ2) is 7.19. The van der Waals surface area contributed by atoms with Crippen LogP contribution in [0.15, 0.2) is 48.7 Å². The van der Waals surface area contributed by atoms with Crippen LogP contribution in [0.5, 0.6) is 0 Å². The predicted molar refractivity (Wildman–Crippen MR) is 108 cm³/mol. The zero-order valence-corrected chi connectivity index (χ0v) is 16.5. The summed E-state index contributed by atoms with van der Waals surface area (Å²) in [5.74, 6) is 1.61. The molecule has 0 saturated heterocycles. The third-order valence-corrected chi connectivity index (χ3v) is 4.81. The van der Waals surface area contributed by atoms with Gasteiger partial charge in [0.15, 0.2) is 0 Å². The lowest BCUT2D eigenvalue weighted by Gasteiger charge is -2.14. The standard InChI is InChI=1S/C22H25N5O/c1-22(2,3)18-13-19(27(26-18)14-15-7-5-4-6-8-15)25-21(28)17-11-12-23-20(24-17)16-9-10-16/h4-8,11-13,16H,9-10,14H2,1-3H3,(H,25,28). The molecular formula is C22H25N5O. The number of aromatic nitrogens is 4. The van der Waals surface area contributed by atoms with Crippen molar-refractivity contribution in [2.75, 3.05) is 5.32 Å². The topological polar surface area (TPSA) is 72.7 Å². The van der Waals surface area contributed by atoms with Crippen molar-refractivity contribution in [3.8, 4) is 0 Å². The molecule has 1 fully saturated rings. The molecule has 0 bridgehead atoms. The Morgan fingerprint density at radius 2 is 1.93 bits per heavy atom. The Labute approximate surface area is 165 Å². The van der Waals surface area contributed by atoms with Gasteiger partial charge in [0.2, 0.25) is 0 Å². The molecule has 2 aromatic heterocycles. The van der Waals surface area contributed by atoms with Crippen molar-refractivity contribution in [3.63, 3.8) is 0 Å². The maximum Gasteiger partial charge on any atom is 0.275 e. The summed E-state index contributed by atoms with van der Waals surface area (Å²) in [5, 5.41) is 7.75. The molecule has 0 radical (unpaired) electrons. The van der Waals surface area contributed by atoms with E-state index in [9.17, 15) is 4.79 Å². The first-order valence-corrected chi connectivity index (χ1v) is 9.67. The first-order valence-electron chi connectivity index (χ1n) is 9.67. The molecule has 1 amide bonds. The Kier molecular flexibility index (Phi) is 4.71. The summed E-state index contributed by atoms with van der Waals surface area (Å²) >= 11 is 0. The molecule has 6 heteroatoms. The van der Waals surface area contributed by atoms with Gasteiger partial charge in [-0.15, -0.1) is 0 Å². The highest BCUT2D eigenvalue weighted by atomic mass is 16.2. The number of rotatable bonds is 5. The molecule has 4 rings (SSSR count). The van der Waals surface area contributed by atoms with E-state index in [1.54, 1.807) is 12.3 Å². The van der Waals surface area contributed by atoms with E-state index in [1.165, 1.54) is 0 Å². The molecule has 1 aromatic carbocycles. The van der Waals surface area contributed by atoms with Crippen LogP contribution < -0.4 is 5.32 Å². The van der Waals surface area contributed by atoms with Gasteiger partial charge in [-0.2, -0.15) is 5.10 Å². The molecule has 0 spiro atoms. The van der Waals surface area contributed by atoms with Gasteiger partial charge >= 0.3 is 0 Å². The quantitative estimate of drug-likeness (QED) is 0.727. The number of hydrogen-bond donors (Lipinski definition) is 1. The van der Waals surface area contributed by atoms with Crippen molar-refractivity contribution < 1.29 is 4.79 Å². The van der Waals surface area contributed by atoms with Gasteiger partial charge < -0.3 is 5.32 Å². The number of nitrogens with zero attached hydrogens (tertiary/aromatic N) is 4. The monoisotopic (exact) mass is 375 g/mol. The smallest absolute Gasteiger partial charge is 0.275 e. The van der Waals surface area contributed by atoms with Crippen molar-refractivity contribution in [1.82, 2.24) is 19.7 Å². The largest absolute Gasteiger partial charge is 0.305 e. The molecule has 3 aromatic rings. The maximum absolute atomic E-state index is 12.8. The highest BCUT2D eigenvalue weighted by molar-refractivity contribution is 6.02. The van der Waals surface area contributed by atoms with Gasteiger partial charge in [0, 0.05) is 23.6 Å². The van der Waals surface area contributed by atoms with Crippen LogP contribution in [0.2, 0.25) is 0 Å². The number of hydrogen-bond acceptors (Lipinski definition) is 4. The summed E-state index contributed by atoms with van der Waals surface area (Å²) in [6.45, 7) is 6.92. The molecule has 0 atom stereocenters. The minimum Gasteiger partial charge on any atom is -0.305 e. The van der Waals surface area contributed by atoms with Gasteiger partial charge in [-0.3, -0.25) is 4.79 Å². The second-order valence-electron chi connectivity index (χ2n) is 8.34. The first-order chi connectivity index (χ1) is 13.4. The van der Waals surface area contributed by atoms with Crippen molar-refractivity contribution >= 4 is 11.7 Å². The average Bonchev–Trinajstić information content (AvgIpc) is 3.45. The number of nitrogens with one attached hydrogen (secondary N) is 1. The average molecular weight is 375 g/mol. The third kappa shape index (κ3) is 4.11. The van der Waals surface area contributed by atoms with E-state index in [0.29, 0.717) is 24.0 Å². The number of anilines is 1. The van der Waals surface area contributed by atoms with E-state index in [1.807, 2.05) is 28.9 Å². The van der Waals surface area contributed by atoms with E-state index in [0.717, 1.165) is 29.9 Å². The Hall–Kier alpha value is -3.02. The lowest BCUT2D eigenvalue weighted by atomic mass is 9.92. The highest BCUT2D eigenvalue weighted by Gasteiger charge is 2.27. The summed E-state index contributed by atoms with van der Waals surface area (Å²) in [4.78, 5) is 21.6. The van der Waals surface area contributed by atoms with E-state index >= 15 is 0 Å². The Bertz CT molecular complexity index is 984. The summed E-state index contributed by atoms with van der Waals surface area (Å²) in [6.07, 6.45) is 3.87. The lowest BCUT2D eigenvalue weighted by molar-refractivity contribution is 0.102. The molecule has 0 unspecified atom stereocenters. The molecule has 1 aliphatic rings. The molecule has 144 valence electrons. The van der Waals surface area contributed by atoms with Gasteiger partial charge in [-0.25, -0.2) is 14.6 Å². The normalized spacial score (nSPS) is 14.1. The fraction of sp³-hybridized carbons (Fsp3) is 0.364. The molecule has 1 aliphatic carbocycles. The zero-order valence-electron chi connectivity index (χ0n) is 16.5. The minimum atomic E-state index is -0.237. The van der Waals surface area contributed by atoms with Crippen LogP contribution in [0.3, 0.4) is 0 Å². The van der Waals surface area contributed by atoms with Crippen LogP contribution in [-0.4, -0.2) is 25.7 Å². The fourth-order valence-electron chi connectivity index (χ4n) is 2.98. The highest BCUT2D eigenvalue weighted by Crippen LogP contribution is 2.37. The van der Waals surface area contributed by atoms with Crippen LogP contribution in [-0.2, 0) is 12.0 Å². The van der Waals surface area contributed by atoms with Gasteiger partial charge in [-0.1, -0.05) is 51.1 Å². The molecule has 6 nitrogen and oxygen atoms in total. The van der Waals surface area contributed by atoms with Crippen molar-refractivity contribution in [2.45, 2.75) is 51.5 Å². The van der Waals surface area contributed by atoms with Gasteiger partial charge in [0.1, 0.15) is 17.3 Å². The fourth-order valence-corrected chi connectivity index (χ4v) is 2.98. The SMILES string of the molecule is CC(C)(C)c1cc(NC(=O)c2ccnc(C3CC3)n2)n(Cc2ccccc2)n1. The second-order valence-corrected chi connectivity index (χ2v) is 8.34. The van der Waals surface area contributed by atoms with E-state index in [4.69, 9.17) is 5.10 Å². The van der Waals surface area contributed by atoms with Crippen LogP contribution in [0.1, 0.15) is 67.1 Å². The summed E-state index contributed by atoms with van der Waals surface area (Å²) in [7, 11) is 0. The maximum atomic E-state index is 12.8. The summed E-state index contributed by atoms with van der Waals surface area (Å²) < 4.78 is 1.84. The molecule has 1 N–H and O–H groups in total. The molecule has 0 aliphatic heterocycles. The third-order valence-electron chi connectivity index (χ3n) is 4.81. The van der Waals surface area contributed by atoms with Crippen LogP contribution >= 0.6 is 0 Å². The van der Waals surface area contributed by atoms with E-state index in [2.05, 4.69) is 48.2 Å².